The molecule has 0 N–H and O–H groups in total. The van der Waals surface area contributed by atoms with Gasteiger partial charge in [-0.3, -0.25) is 0 Å². The second-order valence-corrected chi connectivity index (χ2v) is 6.39. The lowest BCUT2D eigenvalue weighted by Crippen LogP contribution is -2.35. The lowest BCUT2D eigenvalue weighted by molar-refractivity contribution is -0.137. The Balaban J connectivity index is 2.32. The number of hydrogen-bond acceptors (Lipinski definition) is 2. The first kappa shape index (κ1) is 14.1. The van der Waals surface area contributed by atoms with Gasteiger partial charge in [0.05, 0.1) is 5.56 Å². The predicted octanol–water partition coefficient (Wildman–Crippen LogP) is 4.23. The molecule has 0 saturated carbocycles. The summed E-state index contributed by atoms with van der Waals surface area (Å²) in [5, 5.41) is 0. The molecule has 1 aromatic rings. The highest BCUT2D eigenvalue weighted by molar-refractivity contribution is 9.10. The molecule has 2 nitrogen and oxygen atoms in total. The van der Waals surface area contributed by atoms with Crippen LogP contribution in [0.3, 0.4) is 0 Å². The van der Waals surface area contributed by atoms with Crippen LogP contribution >= 0.6 is 31.9 Å². The molecule has 2 heterocycles. The van der Waals surface area contributed by atoms with Crippen molar-refractivity contribution in [2.75, 3.05) is 18.0 Å². The van der Waals surface area contributed by atoms with Gasteiger partial charge in [0.15, 0.2) is 0 Å². The Morgan fingerprint density at radius 1 is 1.28 bits per heavy atom. The van der Waals surface area contributed by atoms with Crippen molar-refractivity contribution in [3.8, 4) is 0 Å². The molecule has 1 aromatic heterocycles. The molecule has 1 fully saturated rings. The van der Waals surface area contributed by atoms with Crippen molar-refractivity contribution >= 4 is 37.7 Å². The van der Waals surface area contributed by atoms with E-state index in [1.54, 1.807) is 4.90 Å². The van der Waals surface area contributed by atoms with Crippen molar-refractivity contribution in [1.82, 2.24) is 4.98 Å². The SMILES string of the molecule is FC(F)(F)c1cc(Br)cnc1N1CCC(Br)CC1. The van der Waals surface area contributed by atoms with Gasteiger partial charge < -0.3 is 4.90 Å². The smallest absolute Gasteiger partial charge is 0.356 e. The quantitative estimate of drug-likeness (QED) is 0.670. The van der Waals surface area contributed by atoms with E-state index in [0.29, 0.717) is 22.4 Å². The molecule has 2 rings (SSSR count). The van der Waals surface area contributed by atoms with Gasteiger partial charge in [-0.2, -0.15) is 13.2 Å². The zero-order chi connectivity index (χ0) is 13.3. The second-order valence-electron chi connectivity index (χ2n) is 4.18. The van der Waals surface area contributed by atoms with Gasteiger partial charge in [0, 0.05) is 28.6 Å². The number of halogens is 5. The number of hydrogen-bond donors (Lipinski definition) is 0. The molecule has 1 saturated heterocycles. The molecule has 1 aliphatic rings. The summed E-state index contributed by atoms with van der Waals surface area (Å²) in [4.78, 5) is 6.03. The van der Waals surface area contributed by atoms with Crippen LogP contribution in [0.15, 0.2) is 16.7 Å². The lowest BCUT2D eigenvalue weighted by atomic mass is 10.1. The van der Waals surface area contributed by atoms with Crippen molar-refractivity contribution in [2.45, 2.75) is 23.8 Å². The molecular formula is C11H11Br2F3N2. The molecule has 0 bridgehead atoms. The van der Waals surface area contributed by atoms with Gasteiger partial charge in [0.25, 0.3) is 0 Å². The second kappa shape index (κ2) is 5.36. The van der Waals surface area contributed by atoms with Gasteiger partial charge in [0.2, 0.25) is 0 Å². The van der Waals surface area contributed by atoms with Crippen LogP contribution in [-0.2, 0) is 6.18 Å². The number of alkyl halides is 4. The summed E-state index contributed by atoms with van der Waals surface area (Å²) in [6, 6.07) is 1.09. The summed E-state index contributed by atoms with van der Waals surface area (Å²) in [7, 11) is 0. The van der Waals surface area contributed by atoms with Gasteiger partial charge >= 0.3 is 6.18 Å². The van der Waals surface area contributed by atoms with Crippen molar-refractivity contribution in [3.05, 3.63) is 22.3 Å². The summed E-state index contributed by atoms with van der Waals surface area (Å²) >= 11 is 6.51. The molecule has 0 aliphatic carbocycles. The number of pyridine rings is 1. The van der Waals surface area contributed by atoms with E-state index in [0.717, 1.165) is 18.9 Å². The third-order valence-corrected chi connectivity index (χ3v) is 4.21. The summed E-state index contributed by atoms with van der Waals surface area (Å²) in [5.41, 5.74) is -0.676. The molecule has 0 amide bonds. The average Bonchev–Trinajstić information content (AvgIpc) is 2.29. The van der Waals surface area contributed by atoms with E-state index in [1.807, 2.05) is 0 Å². The van der Waals surface area contributed by atoms with Crippen LogP contribution in [0.2, 0.25) is 0 Å². The number of nitrogens with zero attached hydrogens (tertiary/aromatic N) is 2. The molecular weight excluding hydrogens is 377 g/mol. The Labute approximate surface area is 120 Å². The molecule has 100 valence electrons. The zero-order valence-corrected chi connectivity index (χ0v) is 12.5. The molecule has 0 atom stereocenters. The molecule has 0 unspecified atom stereocenters. The van der Waals surface area contributed by atoms with Gasteiger partial charge in [-0.05, 0) is 34.8 Å². The molecule has 0 radical (unpaired) electrons. The zero-order valence-electron chi connectivity index (χ0n) is 9.34. The Morgan fingerprint density at radius 3 is 2.44 bits per heavy atom. The van der Waals surface area contributed by atoms with Gasteiger partial charge in [-0.25, -0.2) is 4.98 Å². The fourth-order valence-electron chi connectivity index (χ4n) is 1.95. The summed E-state index contributed by atoms with van der Waals surface area (Å²) in [6.45, 7) is 1.18. The van der Waals surface area contributed by atoms with Crippen molar-refractivity contribution < 1.29 is 13.2 Å². The van der Waals surface area contributed by atoms with E-state index in [9.17, 15) is 13.2 Å². The highest BCUT2D eigenvalue weighted by atomic mass is 79.9. The molecule has 0 aromatic carbocycles. The minimum absolute atomic E-state index is 0.0325. The van der Waals surface area contributed by atoms with E-state index in [1.165, 1.54) is 6.20 Å². The minimum Gasteiger partial charge on any atom is -0.356 e. The first-order chi connectivity index (χ1) is 8.38. The normalized spacial score (nSPS) is 18.2. The summed E-state index contributed by atoms with van der Waals surface area (Å²) < 4.78 is 39.2. The fourth-order valence-corrected chi connectivity index (χ4v) is 2.69. The standard InChI is InChI=1S/C11H11Br2F3N2/c12-7-1-3-18(4-2-7)10-9(11(14,15)16)5-8(13)6-17-10/h5-7H,1-4H2. The average molecular weight is 388 g/mol. The van der Waals surface area contributed by atoms with Crippen molar-refractivity contribution in [3.63, 3.8) is 0 Å². The number of aromatic nitrogens is 1. The maximum absolute atomic E-state index is 13.0. The summed E-state index contributed by atoms with van der Waals surface area (Å²) in [5.74, 6) is 0.0325. The van der Waals surface area contributed by atoms with Crippen LogP contribution in [0.25, 0.3) is 0 Å². The molecule has 7 heteroatoms. The molecule has 1 aliphatic heterocycles. The first-order valence-electron chi connectivity index (χ1n) is 5.49. The van der Waals surface area contributed by atoms with Crippen LogP contribution in [0.5, 0.6) is 0 Å². The number of rotatable bonds is 1. The maximum Gasteiger partial charge on any atom is 0.419 e. The Morgan fingerprint density at radius 2 is 1.89 bits per heavy atom. The van der Waals surface area contributed by atoms with E-state index < -0.39 is 11.7 Å². The van der Waals surface area contributed by atoms with Crippen LogP contribution in [0.4, 0.5) is 19.0 Å². The summed E-state index contributed by atoms with van der Waals surface area (Å²) in [6.07, 6.45) is -1.31. The van der Waals surface area contributed by atoms with Crippen LogP contribution in [0.1, 0.15) is 18.4 Å². The first-order valence-corrected chi connectivity index (χ1v) is 7.20. The molecule has 0 spiro atoms. The largest absolute Gasteiger partial charge is 0.419 e. The van der Waals surface area contributed by atoms with Gasteiger partial charge in [0.1, 0.15) is 5.82 Å². The van der Waals surface area contributed by atoms with E-state index in [2.05, 4.69) is 36.8 Å². The van der Waals surface area contributed by atoms with E-state index in [-0.39, 0.29) is 5.82 Å². The third-order valence-electron chi connectivity index (χ3n) is 2.86. The minimum atomic E-state index is -4.38. The highest BCUT2D eigenvalue weighted by Crippen LogP contribution is 2.37. The topological polar surface area (TPSA) is 16.1 Å². The van der Waals surface area contributed by atoms with Crippen molar-refractivity contribution in [2.24, 2.45) is 0 Å². The monoisotopic (exact) mass is 386 g/mol. The van der Waals surface area contributed by atoms with Crippen LogP contribution in [-0.4, -0.2) is 22.9 Å². The van der Waals surface area contributed by atoms with Gasteiger partial charge in [-0.15, -0.1) is 0 Å². The van der Waals surface area contributed by atoms with Gasteiger partial charge in [-0.1, -0.05) is 15.9 Å². The Kier molecular flexibility index (Phi) is 4.21. The van der Waals surface area contributed by atoms with E-state index >= 15 is 0 Å². The number of anilines is 1. The van der Waals surface area contributed by atoms with Crippen LogP contribution < -0.4 is 4.90 Å². The lowest BCUT2D eigenvalue weighted by Gasteiger charge is -2.32. The highest BCUT2D eigenvalue weighted by Gasteiger charge is 2.36. The molecule has 18 heavy (non-hydrogen) atoms. The number of piperidine rings is 1. The maximum atomic E-state index is 13.0. The fraction of sp³-hybridized carbons (Fsp3) is 0.545. The van der Waals surface area contributed by atoms with Crippen molar-refractivity contribution in [1.29, 1.82) is 0 Å². The Bertz CT molecular complexity index is 429. The van der Waals surface area contributed by atoms with E-state index in [4.69, 9.17) is 0 Å². The van der Waals surface area contributed by atoms with Crippen LogP contribution in [0, 0.1) is 0 Å². The predicted molar refractivity (Wildman–Crippen MR) is 71.1 cm³/mol. The Hall–Kier alpha value is -0.300. The third kappa shape index (κ3) is 3.17.